The fraction of sp³-hybridized carbons (Fsp3) is 0.0667. The zero-order chi connectivity index (χ0) is 15.9. The lowest BCUT2D eigenvalue weighted by molar-refractivity contribution is 0.111. The molecule has 7 heteroatoms. The zero-order valence-corrected chi connectivity index (χ0v) is 13.9. The number of hydrogen-bond donors (Lipinski definition) is 0. The van der Waals surface area contributed by atoms with Crippen molar-refractivity contribution in [2.45, 2.75) is 11.8 Å². The summed E-state index contributed by atoms with van der Waals surface area (Å²) in [6.07, 6.45) is 2.00. The Hall–Kier alpha value is -1.99. The Morgan fingerprint density at radius 3 is 2.50 bits per heavy atom. The van der Waals surface area contributed by atoms with Gasteiger partial charge in [-0.25, -0.2) is 17.4 Å². The van der Waals surface area contributed by atoms with Gasteiger partial charge >= 0.3 is 0 Å². The lowest BCUT2D eigenvalue weighted by Gasteiger charge is -2.09. The van der Waals surface area contributed by atoms with Crippen LogP contribution in [0.15, 0.2) is 52.0 Å². The van der Waals surface area contributed by atoms with Crippen LogP contribution >= 0.6 is 15.9 Å². The molecule has 1 aromatic carbocycles. The third-order valence-corrected chi connectivity index (χ3v) is 5.88. The summed E-state index contributed by atoms with van der Waals surface area (Å²) in [5.74, 6) is 0. The molecule has 5 nitrogen and oxygen atoms in total. The van der Waals surface area contributed by atoms with Gasteiger partial charge in [0.15, 0.2) is 11.9 Å². The number of fused-ring (bicyclic) bond motifs is 1. The second kappa shape index (κ2) is 5.33. The Labute approximate surface area is 135 Å². The van der Waals surface area contributed by atoms with E-state index in [1.807, 2.05) is 6.92 Å². The second-order valence-electron chi connectivity index (χ2n) is 4.77. The predicted octanol–water partition coefficient (Wildman–Crippen LogP) is 3.16. The second-order valence-corrected chi connectivity index (χ2v) is 7.35. The van der Waals surface area contributed by atoms with Gasteiger partial charge in [0.25, 0.3) is 10.0 Å². The molecule has 0 bridgehead atoms. The predicted molar refractivity (Wildman–Crippen MR) is 86.6 cm³/mol. The Morgan fingerprint density at radius 2 is 1.86 bits per heavy atom. The van der Waals surface area contributed by atoms with E-state index in [-0.39, 0.29) is 16.2 Å². The number of carbonyl (C=O) groups excluding carboxylic acids is 1. The van der Waals surface area contributed by atoms with Gasteiger partial charge in [-0.15, -0.1) is 0 Å². The van der Waals surface area contributed by atoms with Gasteiger partial charge in [-0.05, 0) is 47.1 Å². The van der Waals surface area contributed by atoms with Crippen molar-refractivity contribution in [1.82, 2.24) is 8.96 Å². The van der Waals surface area contributed by atoms with E-state index in [2.05, 4.69) is 20.9 Å². The van der Waals surface area contributed by atoms with Crippen molar-refractivity contribution in [3.8, 4) is 0 Å². The van der Waals surface area contributed by atoms with Crippen molar-refractivity contribution in [2.75, 3.05) is 0 Å². The molecule has 0 radical (unpaired) electrons. The smallest absolute Gasteiger partial charge is 0.270 e. The summed E-state index contributed by atoms with van der Waals surface area (Å²) in [7, 11) is -3.91. The Balaban J connectivity index is 2.38. The third kappa shape index (κ3) is 2.17. The summed E-state index contributed by atoms with van der Waals surface area (Å²) in [4.78, 5) is 15.6. The first-order valence-corrected chi connectivity index (χ1v) is 8.62. The van der Waals surface area contributed by atoms with Gasteiger partial charge in [0, 0.05) is 11.6 Å². The van der Waals surface area contributed by atoms with Crippen molar-refractivity contribution in [1.29, 1.82) is 0 Å². The first kappa shape index (κ1) is 14.9. The minimum Gasteiger partial charge on any atom is -0.296 e. The van der Waals surface area contributed by atoms with E-state index >= 15 is 0 Å². The highest BCUT2D eigenvalue weighted by Crippen LogP contribution is 2.31. The number of halogens is 1. The van der Waals surface area contributed by atoms with Gasteiger partial charge in [0.2, 0.25) is 0 Å². The van der Waals surface area contributed by atoms with Crippen molar-refractivity contribution < 1.29 is 13.2 Å². The van der Waals surface area contributed by atoms with Gasteiger partial charge in [-0.3, -0.25) is 4.79 Å². The molecule has 0 aliphatic rings. The first-order chi connectivity index (χ1) is 10.5. The van der Waals surface area contributed by atoms with Crippen LogP contribution < -0.4 is 0 Å². The fourth-order valence-electron chi connectivity index (χ4n) is 2.23. The molecule has 22 heavy (non-hydrogen) atoms. The molecule has 0 N–H and O–H groups in total. The van der Waals surface area contributed by atoms with Crippen LogP contribution in [-0.4, -0.2) is 23.7 Å². The van der Waals surface area contributed by atoms with Crippen LogP contribution in [-0.2, 0) is 10.0 Å². The molecule has 3 rings (SSSR count). The SMILES string of the molecule is Cc1ccc(S(=O)(=O)n2c(C=O)c(Br)c3cccnc32)cc1. The number of hydrogen-bond acceptors (Lipinski definition) is 4. The molecule has 2 aromatic heterocycles. The number of pyridine rings is 1. The molecule has 0 aliphatic carbocycles. The zero-order valence-electron chi connectivity index (χ0n) is 11.5. The molecule has 0 aliphatic heterocycles. The summed E-state index contributed by atoms with van der Waals surface area (Å²) < 4.78 is 27.2. The molecule has 0 atom stereocenters. The standard InChI is InChI=1S/C15H11BrN2O3S/c1-10-4-6-11(7-5-10)22(20,21)18-13(9-19)14(16)12-3-2-8-17-15(12)18/h2-9H,1H3. The lowest BCUT2D eigenvalue weighted by Crippen LogP contribution is -2.16. The van der Waals surface area contributed by atoms with E-state index < -0.39 is 10.0 Å². The molecule has 0 amide bonds. The largest absolute Gasteiger partial charge is 0.296 e. The maximum atomic E-state index is 12.9. The van der Waals surface area contributed by atoms with Gasteiger partial charge < -0.3 is 0 Å². The van der Waals surface area contributed by atoms with Crippen molar-refractivity contribution >= 4 is 43.3 Å². The van der Waals surface area contributed by atoms with E-state index in [9.17, 15) is 13.2 Å². The minimum atomic E-state index is -3.91. The van der Waals surface area contributed by atoms with Crippen LogP contribution in [0.5, 0.6) is 0 Å². The fourth-order valence-corrected chi connectivity index (χ4v) is 4.38. The molecule has 0 unspecified atom stereocenters. The monoisotopic (exact) mass is 378 g/mol. The summed E-state index contributed by atoms with van der Waals surface area (Å²) in [6.45, 7) is 1.87. The average Bonchev–Trinajstić information content (AvgIpc) is 2.81. The number of carbonyl (C=O) groups is 1. The van der Waals surface area contributed by atoms with Crippen LogP contribution in [0.3, 0.4) is 0 Å². The molecule has 0 saturated carbocycles. The highest BCUT2D eigenvalue weighted by Gasteiger charge is 2.26. The van der Waals surface area contributed by atoms with E-state index in [0.717, 1.165) is 9.54 Å². The average molecular weight is 379 g/mol. The van der Waals surface area contributed by atoms with Crippen LogP contribution in [0.1, 0.15) is 16.1 Å². The number of aldehydes is 1. The Kier molecular flexibility index (Phi) is 3.62. The summed E-state index contributed by atoms with van der Waals surface area (Å²) >= 11 is 3.28. The van der Waals surface area contributed by atoms with Crippen LogP contribution in [0.25, 0.3) is 11.0 Å². The van der Waals surface area contributed by atoms with Crippen LogP contribution in [0, 0.1) is 6.92 Å². The first-order valence-electron chi connectivity index (χ1n) is 6.39. The lowest BCUT2D eigenvalue weighted by atomic mass is 10.2. The number of rotatable bonds is 3. The topological polar surface area (TPSA) is 69.0 Å². The number of benzene rings is 1. The van der Waals surface area contributed by atoms with Crippen molar-refractivity contribution in [3.63, 3.8) is 0 Å². The van der Waals surface area contributed by atoms with Gasteiger partial charge in [-0.1, -0.05) is 17.7 Å². The third-order valence-electron chi connectivity index (χ3n) is 3.33. The normalized spacial score (nSPS) is 11.7. The molecule has 112 valence electrons. The molecule has 0 fully saturated rings. The highest BCUT2D eigenvalue weighted by atomic mass is 79.9. The summed E-state index contributed by atoms with van der Waals surface area (Å²) in [6, 6.07) is 9.85. The van der Waals surface area contributed by atoms with Crippen molar-refractivity contribution in [3.05, 3.63) is 58.3 Å². The van der Waals surface area contributed by atoms with Gasteiger partial charge in [-0.2, -0.15) is 0 Å². The van der Waals surface area contributed by atoms with Crippen LogP contribution in [0.4, 0.5) is 0 Å². The maximum Gasteiger partial charge on any atom is 0.270 e. The van der Waals surface area contributed by atoms with E-state index in [4.69, 9.17) is 0 Å². The Bertz CT molecular complexity index is 976. The van der Waals surface area contributed by atoms with E-state index in [0.29, 0.717) is 16.1 Å². The highest BCUT2D eigenvalue weighted by molar-refractivity contribution is 9.10. The molecular formula is C15H11BrN2O3S. The van der Waals surface area contributed by atoms with Gasteiger partial charge in [0.05, 0.1) is 9.37 Å². The number of aromatic nitrogens is 2. The molecule has 2 heterocycles. The van der Waals surface area contributed by atoms with Crippen LogP contribution in [0.2, 0.25) is 0 Å². The molecule has 0 spiro atoms. The Morgan fingerprint density at radius 1 is 1.18 bits per heavy atom. The molecule has 3 aromatic rings. The summed E-state index contributed by atoms with van der Waals surface area (Å²) in [5, 5.41) is 0.570. The molecule has 0 saturated heterocycles. The summed E-state index contributed by atoms with van der Waals surface area (Å²) in [5.41, 5.74) is 1.19. The number of nitrogens with zero attached hydrogens (tertiary/aromatic N) is 2. The quantitative estimate of drug-likeness (QED) is 0.656. The maximum absolute atomic E-state index is 12.9. The van der Waals surface area contributed by atoms with E-state index in [1.54, 1.807) is 24.3 Å². The van der Waals surface area contributed by atoms with Crippen molar-refractivity contribution in [2.24, 2.45) is 0 Å². The number of aryl methyl sites for hydroxylation is 1. The van der Waals surface area contributed by atoms with E-state index in [1.165, 1.54) is 18.3 Å². The van der Waals surface area contributed by atoms with Gasteiger partial charge in [0.1, 0.15) is 5.69 Å². The molecular weight excluding hydrogens is 368 g/mol. The minimum absolute atomic E-state index is 0.0225.